The van der Waals surface area contributed by atoms with Gasteiger partial charge in [0.2, 0.25) is 0 Å². The van der Waals surface area contributed by atoms with E-state index in [-0.39, 0.29) is 0 Å². The average Bonchev–Trinajstić information content (AvgIpc) is 2.76. The Bertz CT molecular complexity index is 351. The van der Waals surface area contributed by atoms with Gasteiger partial charge in [-0.2, -0.15) is 0 Å². The van der Waals surface area contributed by atoms with Crippen LogP contribution in [0.3, 0.4) is 0 Å². The lowest BCUT2D eigenvalue weighted by Gasteiger charge is -2.01. The molecule has 0 saturated heterocycles. The van der Waals surface area contributed by atoms with Gasteiger partial charge in [-0.3, -0.25) is 0 Å². The lowest BCUT2D eigenvalue weighted by molar-refractivity contribution is 0.563. The van der Waals surface area contributed by atoms with Crippen molar-refractivity contribution in [2.75, 3.05) is 11.5 Å². The molecule has 192 valence electrons. The molecule has 0 bridgehead atoms. The maximum absolute atomic E-state index is 4.89. The van der Waals surface area contributed by atoms with Crippen molar-refractivity contribution >= 4 is 80.3 Å². The van der Waals surface area contributed by atoms with Crippen LogP contribution in [-0.2, 0) is 0 Å². The molecule has 0 N–H and O–H groups in total. The molecule has 0 nitrogen and oxygen atoms in total. The first-order valence-electron chi connectivity index (χ1n) is 13.3. The Morgan fingerprint density at radius 3 is 0.875 bits per heavy atom. The summed E-state index contributed by atoms with van der Waals surface area (Å²) in [5.41, 5.74) is 0. The van der Waals surface area contributed by atoms with Crippen molar-refractivity contribution in [3.05, 3.63) is 0 Å². The van der Waals surface area contributed by atoms with Gasteiger partial charge in [-0.15, -0.1) is 48.8 Å². The fourth-order valence-electron chi connectivity index (χ4n) is 3.50. The van der Waals surface area contributed by atoms with Crippen LogP contribution in [0.4, 0.5) is 0 Å². The Balaban J connectivity index is 0. The second-order valence-corrected chi connectivity index (χ2v) is 14.2. The minimum absolute atomic E-state index is 0.788. The monoisotopic (exact) mass is 556 g/mol. The van der Waals surface area contributed by atoms with Crippen molar-refractivity contribution in [3.8, 4) is 0 Å². The average molecular weight is 557 g/mol. The SMILES string of the molecule is CCCCCCCCCCCCSC(=S)S.CCCCCCCCCCCCSC(=S)S. The van der Waals surface area contributed by atoms with Crippen molar-refractivity contribution in [1.29, 1.82) is 0 Å². The van der Waals surface area contributed by atoms with E-state index in [1.165, 1.54) is 128 Å². The van der Waals surface area contributed by atoms with Crippen molar-refractivity contribution in [3.63, 3.8) is 0 Å². The second-order valence-electron chi connectivity index (χ2n) is 8.59. The Hall–Kier alpha value is 1.58. The van der Waals surface area contributed by atoms with Gasteiger partial charge in [0, 0.05) is 0 Å². The lowest BCUT2D eigenvalue weighted by atomic mass is 10.1. The minimum atomic E-state index is 0.788. The van der Waals surface area contributed by atoms with Gasteiger partial charge in [-0.1, -0.05) is 154 Å². The Morgan fingerprint density at radius 1 is 0.438 bits per heavy atom. The van der Waals surface area contributed by atoms with Crippen LogP contribution < -0.4 is 0 Å². The quantitative estimate of drug-likeness (QED) is 0.0772. The Morgan fingerprint density at radius 2 is 0.656 bits per heavy atom. The molecule has 0 aromatic carbocycles. The molecular formula is C26H52S6. The van der Waals surface area contributed by atoms with E-state index in [1.807, 2.05) is 0 Å². The molecule has 0 aliphatic heterocycles. The van der Waals surface area contributed by atoms with Gasteiger partial charge < -0.3 is 0 Å². The zero-order valence-electron chi connectivity index (χ0n) is 21.1. The Kier molecular flexibility index (Phi) is 36.4. The topological polar surface area (TPSA) is 0 Å². The third-order valence-electron chi connectivity index (χ3n) is 5.45. The fraction of sp³-hybridized carbons (Fsp3) is 0.923. The Labute approximate surface area is 232 Å². The van der Waals surface area contributed by atoms with Crippen LogP contribution in [0.15, 0.2) is 0 Å². The first kappa shape index (κ1) is 35.7. The number of hydrogen-bond acceptors (Lipinski definition) is 4. The summed E-state index contributed by atoms with van der Waals surface area (Å²) in [5.74, 6) is 2.30. The normalized spacial score (nSPS) is 10.6. The summed E-state index contributed by atoms with van der Waals surface area (Å²) in [6, 6.07) is 0. The standard InChI is InChI=1S/2C13H26S3/c2*1-2-3-4-5-6-7-8-9-10-11-12-16-13(14)15/h2*2-12H2,1H3,(H,14,15). The molecule has 0 aromatic rings. The van der Waals surface area contributed by atoms with Crippen LogP contribution >= 0.6 is 73.2 Å². The van der Waals surface area contributed by atoms with E-state index in [1.54, 1.807) is 23.5 Å². The van der Waals surface area contributed by atoms with Crippen LogP contribution in [-0.4, -0.2) is 18.6 Å². The summed E-state index contributed by atoms with van der Waals surface area (Å²) >= 11 is 21.4. The summed E-state index contributed by atoms with van der Waals surface area (Å²) in [6.07, 6.45) is 28.0. The van der Waals surface area contributed by atoms with Crippen LogP contribution in [0.25, 0.3) is 0 Å². The van der Waals surface area contributed by atoms with Gasteiger partial charge in [0.25, 0.3) is 0 Å². The van der Waals surface area contributed by atoms with Gasteiger partial charge in [-0.05, 0) is 24.3 Å². The van der Waals surface area contributed by atoms with Crippen LogP contribution in [0.5, 0.6) is 0 Å². The van der Waals surface area contributed by atoms with Crippen molar-refractivity contribution in [2.24, 2.45) is 0 Å². The van der Waals surface area contributed by atoms with Crippen molar-refractivity contribution in [2.45, 2.75) is 142 Å². The third kappa shape index (κ3) is 38.8. The van der Waals surface area contributed by atoms with Crippen LogP contribution in [0.2, 0.25) is 0 Å². The molecule has 0 rings (SSSR count). The van der Waals surface area contributed by atoms with Crippen LogP contribution in [0.1, 0.15) is 142 Å². The lowest BCUT2D eigenvalue weighted by Crippen LogP contribution is -1.84. The van der Waals surface area contributed by atoms with E-state index < -0.39 is 0 Å². The van der Waals surface area contributed by atoms with E-state index in [2.05, 4.69) is 39.1 Å². The van der Waals surface area contributed by atoms with Gasteiger partial charge in [0.05, 0.1) is 0 Å². The molecular weight excluding hydrogens is 505 g/mol. The molecule has 0 saturated carbocycles. The zero-order chi connectivity index (χ0) is 24.1. The maximum Gasteiger partial charge on any atom is 0.101 e. The van der Waals surface area contributed by atoms with E-state index in [9.17, 15) is 0 Å². The highest BCUT2D eigenvalue weighted by Gasteiger charge is 1.95. The van der Waals surface area contributed by atoms with E-state index in [4.69, 9.17) is 24.4 Å². The molecule has 0 aliphatic carbocycles. The van der Waals surface area contributed by atoms with E-state index >= 15 is 0 Å². The third-order valence-corrected chi connectivity index (χ3v) is 8.41. The molecule has 0 spiro atoms. The molecule has 0 aliphatic rings. The highest BCUT2D eigenvalue weighted by molar-refractivity contribution is 8.42. The number of thiol groups is 2. The first-order chi connectivity index (χ1) is 15.5. The highest BCUT2D eigenvalue weighted by Crippen LogP contribution is 2.15. The van der Waals surface area contributed by atoms with E-state index in [0.29, 0.717) is 0 Å². The molecule has 0 fully saturated rings. The summed E-state index contributed by atoms with van der Waals surface area (Å²) in [6.45, 7) is 4.54. The zero-order valence-corrected chi connectivity index (χ0v) is 26.1. The summed E-state index contributed by atoms with van der Waals surface area (Å²) < 4.78 is 1.58. The van der Waals surface area contributed by atoms with Gasteiger partial charge in [-0.25, -0.2) is 0 Å². The number of rotatable bonds is 22. The molecule has 0 amide bonds. The summed E-state index contributed by atoms with van der Waals surface area (Å²) in [4.78, 5) is 0. The molecule has 0 unspecified atom stereocenters. The van der Waals surface area contributed by atoms with Crippen molar-refractivity contribution in [1.82, 2.24) is 0 Å². The molecule has 6 heteroatoms. The van der Waals surface area contributed by atoms with Gasteiger partial charge in [0.15, 0.2) is 0 Å². The molecule has 0 aromatic heterocycles. The number of thioether (sulfide) groups is 2. The maximum atomic E-state index is 4.89. The smallest absolute Gasteiger partial charge is 0.101 e. The highest BCUT2D eigenvalue weighted by atomic mass is 32.2. The molecule has 0 atom stereocenters. The number of hydrogen-bond donors (Lipinski definition) is 2. The predicted molar refractivity (Wildman–Crippen MR) is 172 cm³/mol. The summed E-state index contributed by atoms with van der Waals surface area (Å²) in [5, 5.41) is 0. The summed E-state index contributed by atoms with van der Waals surface area (Å²) in [7, 11) is 0. The first-order valence-corrected chi connectivity index (χ1v) is 16.9. The second kappa shape index (κ2) is 32.6. The molecule has 32 heavy (non-hydrogen) atoms. The fourth-order valence-corrected chi connectivity index (χ4v) is 5.59. The van der Waals surface area contributed by atoms with E-state index in [0.717, 1.165) is 18.6 Å². The van der Waals surface area contributed by atoms with Gasteiger partial charge in [0.1, 0.15) is 7.06 Å². The largest absolute Gasteiger partial charge is 0.125 e. The molecule has 0 radical (unpaired) electrons. The minimum Gasteiger partial charge on any atom is -0.125 e. The number of unbranched alkanes of at least 4 members (excludes halogenated alkanes) is 18. The van der Waals surface area contributed by atoms with Crippen LogP contribution in [0, 0.1) is 0 Å². The number of thiocarbonyl (C=S) groups is 2. The molecule has 0 heterocycles. The predicted octanol–water partition coefficient (Wildman–Crippen LogP) is 11.7. The van der Waals surface area contributed by atoms with Crippen molar-refractivity contribution < 1.29 is 0 Å². The van der Waals surface area contributed by atoms with Gasteiger partial charge >= 0.3 is 0 Å².